The van der Waals surface area contributed by atoms with E-state index >= 15 is 0 Å². The van der Waals surface area contributed by atoms with E-state index in [1.54, 1.807) is 0 Å². The zero-order valence-electron chi connectivity index (χ0n) is 9.08. The molecule has 0 spiro atoms. The minimum Gasteiger partial charge on any atom is -0.378 e. The number of halogens is 1. The summed E-state index contributed by atoms with van der Waals surface area (Å²) in [6, 6.07) is -0.996. The van der Waals surface area contributed by atoms with Crippen molar-refractivity contribution in [3.8, 4) is 0 Å². The van der Waals surface area contributed by atoms with Gasteiger partial charge >= 0.3 is 0 Å². The van der Waals surface area contributed by atoms with Crippen molar-refractivity contribution in [1.82, 2.24) is 9.29 Å². The van der Waals surface area contributed by atoms with Crippen molar-refractivity contribution in [3.63, 3.8) is 0 Å². The van der Waals surface area contributed by atoms with Gasteiger partial charge in [0.05, 0.1) is 19.4 Å². The number of amides is 1. The second-order valence-electron chi connectivity index (χ2n) is 3.54. The predicted octanol–water partition coefficient (Wildman–Crippen LogP) is -0.329. The molecule has 0 saturated carbocycles. The highest BCUT2D eigenvalue weighted by Crippen LogP contribution is 2.27. The van der Waals surface area contributed by atoms with Crippen LogP contribution >= 0.6 is 22.9 Å². The van der Waals surface area contributed by atoms with Crippen molar-refractivity contribution in [2.45, 2.75) is 10.3 Å². The van der Waals surface area contributed by atoms with Gasteiger partial charge in [-0.1, -0.05) is 22.9 Å². The average Bonchev–Trinajstić information content (AvgIpc) is 2.76. The lowest BCUT2D eigenvalue weighted by Gasteiger charge is -2.31. The SMILES string of the molecule is NC(=O)C1COCCN1S(=O)(=O)c1cnc(Cl)s1. The number of primary amides is 1. The number of carbonyl (C=O) groups is 1. The topological polar surface area (TPSA) is 103 Å². The molecule has 1 aromatic rings. The van der Waals surface area contributed by atoms with Gasteiger partial charge in [-0.05, 0) is 0 Å². The van der Waals surface area contributed by atoms with Crippen LogP contribution < -0.4 is 5.73 Å². The van der Waals surface area contributed by atoms with Crippen LogP contribution in [0.15, 0.2) is 10.4 Å². The van der Waals surface area contributed by atoms with Crippen LogP contribution in [0.2, 0.25) is 4.47 Å². The largest absolute Gasteiger partial charge is 0.378 e. The van der Waals surface area contributed by atoms with Crippen LogP contribution in [-0.2, 0) is 19.6 Å². The smallest absolute Gasteiger partial charge is 0.255 e. The fourth-order valence-corrected chi connectivity index (χ4v) is 4.56. The van der Waals surface area contributed by atoms with E-state index in [1.165, 1.54) is 0 Å². The number of aromatic nitrogens is 1. The number of morpholine rings is 1. The number of hydrogen-bond donors (Lipinski definition) is 1. The second-order valence-corrected chi connectivity index (χ2v) is 7.27. The second kappa shape index (κ2) is 5.10. The Hall–Kier alpha value is -0.740. The number of sulfonamides is 1. The summed E-state index contributed by atoms with van der Waals surface area (Å²) in [5.74, 6) is -0.742. The van der Waals surface area contributed by atoms with Crippen molar-refractivity contribution in [2.75, 3.05) is 19.8 Å². The lowest BCUT2D eigenvalue weighted by molar-refractivity contribution is -0.125. The van der Waals surface area contributed by atoms with E-state index in [0.717, 1.165) is 21.8 Å². The molecule has 1 unspecified atom stereocenters. The summed E-state index contributed by atoms with van der Waals surface area (Å²) < 4.78 is 30.8. The number of ether oxygens (including phenoxy) is 1. The highest BCUT2D eigenvalue weighted by molar-refractivity contribution is 7.91. The van der Waals surface area contributed by atoms with Gasteiger partial charge in [-0.2, -0.15) is 4.31 Å². The summed E-state index contributed by atoms with van der Waals surface area (Å²) in [5, 5.41) is 0. The van der Waals surface area contributed by atoms with Crippen LogP contribution in [0.1, 0.15) is 0 Å². The molecule has 0 aliphatic carbocycles. The van der Waals surface area contributed by atoms with E-state index in [0.29, 0.717) is 0 Å². The van der Waals surface area contributed by atoms with Crippen LogP contribution in [0.5, 0.6) is 0 Å². The van der Waals surface area contributed by atoms with Crippen molar-refractivity contribution < 1.29 is 17.9 Å². The molecule has 1 aromatic heterocycles. The van der Waals surface area contributed by atoms with Gasteiger partial charge in [-0.3, -0.25) is 4.79 Å². The van der Waals surface area contributed by atoms with E-state index < -0.39 is 22.0 Å². The standard InChI is InChI=1S/C8H10ClN3O4S2/c9-8-11-3-6(17-8)18(14,15)12-1-2-16-4-5(12)7(10)13/h3,5H,1-2,4H2,(H2,10,13). The highest BCUT2D eigenvalue weighted by atomic mass is 35.5. The summed E-state index contributed by atoms with van der Waals surface area (Å²) in [7, 11) is -3.81. The molecule has 2 heterocycles. The lowest BCUT2D eigenvalue weighted by Crippen LogP contribution is -2.54. The third-order valence-electron chi connectivity index (χ3n) is 2.43. The highest BCUT2D eigenvalue weighted by Gasteiger charge is 2.38. The molecule has 7 nitrogen and oxygen atoms in total. The number of nitrogens with two attached hydrogens (primary N) is 1. The zero-order chi connectivity index (χ0) is 13.3. The van der Waals surface area contributed by atoms with Crippen LogP contribution in [0, 0.1) is 0 Å². The average molecular weight is 312 g/mol. The zero-order valence-corrected chi connectivity index (χ0v) is 11.5. The summed E-state index contributed by atoms with van der Waals surface area (Å²) in [5.41, 5.74) is 5.17. The molecule has 0 radical (unpaired) electrons. The molecular formula is C8H10ClN3O4S2. The first-order valence-corrected chi connectivity index (χ1v) is 7.56. The van der Waals surface area contributed by atoms with Gasteiger partial charge in [-0.15, -0.1) is 0 Å². The Morgan fingerprint density at radius 2 is 2.39 bits per heavy atom. The number of thiazole rings is 1. The summed E-state index contributed by atoms with van der Waals surface area (Å²) in [6.45, 7) is 0.252. The minimum absolute atomic E-state index is 0.0133. The maximum Gasteiger partial charge on any atom is 0.255 e. The fourth-order valence-electron chi connectivity index (χ4n) is 1.57. The molecule has 10 heteroatoms. The molecule has 0 aromatic carbocycles. The van der Waals surface area contributed by atoms with Crippen LogP contribution in [0.25, 0.3) is 0 Å². The van der Waals surface area contributed by atoms with Gasteiger partial charge in [0.25, 0.3) is 10.0 Å². The Balaban J connectivity index is 2.36. The molecule has 1 aliphatic rings. The predicted molar refractivity (Wildman–Crippen MR) is 64.8 cm³/mol. The molecule has 1 atom stereocenters. The summed E-state index contributed by atoms with van der Waals surface area (Å²) in [4.78, 5) is 14.9. The Morgan fingerprint density at radius 3 is 2.94 bits per heavy atom. The Morgan fingerprint density at radius 1 is 1.67 bits per heavy atom. The minimum atomic E-state index is -3.81. The Kier molecular flexibility index (Phi) is 3.87. The molecule has 0 bridgehead atoms. The molecule has 100 valence electrons. The van der Waals surface area contributed by atoms with E-state index in [9.17, 15) is 13.2 Å². The van der Waals surface area contributed by atoms with Gasteiger partial charge in [0.1, 0.15) is 6.04 Å². The van der Waals surface area contributed by atoms with E-state index in [2.05, 4.69) is 4.98 Å². The fraction of sp³-hybridized carbons (Fsp3) is 0.500. The third kappa shape index (κ3) is 2.50. The van der Waals surface area contributed by atoms with Crippen LogP contribution in [0.4, 0.5) is 0 Å². The number of rotatable bonds is 3. The molecule has 1 aliphatic heterocycles. The van der Waals surface area contributed by atoms with E-state index in [1.807, 2.05) is 0 Å². The molecular weight excluding hydrogens is 302 g/mol. The van der Waals surface area contributed by atoms with Crippen molar-refractivity contribution >= 4 is 38.9 Å². The number of nitrogens with zero attached hydrogens (tertiary/aromatic N) is 2. The quantitative estimate of drug-likeness (QED) is 0.823. The van der Waals surface area contributed by atoms with Crippen molar-refractivity contribution in [3.05, 3.63) is 10.7 Å². The normalized spacial score (nSPS) is 21.9. The maximum atomic E-state index is 12.3. The summed E-state index contributed by atoms with van der Waals surface area (Å²) >= 11 is 6.45. The molecule has 2 N–H and O–H groups in total. The van der Waals surface area contributed by atoms with Crippen molar-refractivity contribution in [1.29, 1.82) is 0 Å². The number of carbonyl (C=O) groups excluding carboxylic acids is 1. The van der Waals surface area contributed by atoms with E-state index in [-0.39, 0.29) is 28.4 Å². The molecule has 1 saturated heterocycles. The maximum absolute atomic E-state index is 12.3. The van der Waals surface area contributed by atoms with Crippen molar-refractivity contribution in [2.24, 2.45) is 5.73 Å². The first-order chi connectivity index (χ1) is 8.43. The van der Waals surface area contributed by atoms with E-state index in [4.69, 9.17) is 22.1 Å². The third-order valence-corrected chi connectivity index (χ3v) is 5.89. The monoisotopic (exact) mass is 311 g/mol. The van der Waals surface area contributed by atoms with Gasteiger partial charge in [0.2, 0.25) is 5.91 Å². The first kappa shape index (κ1) is 13.7. The molecule has 1 amide bonds. The van der Waals surface area contributed by atoms with Gasteiger partial charge in [0, 0.05) is 6.54 Å². The van der Waals surface area contributed by atoms with Crippen LogP contribution in [-0.4, -0.2) is 49.4 Å². The van der Waals surface area contributed by atoms with Gasteiger partial charge in [0.15, 0.2) is 8.68 Å². The molecule has 1 fully saturated rings. The van der Waals surface area contributed by atoms with Crippen LogP contribution in [0.3, 0.4) is 0 Å². The van der Waals surface area contributed by atoms with Gasteiger partial charge < -0.3 is 10.5 Å². The Labute approximate surface area is 113 Å². The lowest BCUT2D eigenvalue weighted by atomic mass is 10.3. The Bertz CT molecular complexity index is 558. The molecule has 18 heavy (non-hydrogen) atoms. The molecule has 2 rings (SSSR count). The summed E-state index contributed by atoms with van der Waals surface area (Å²) in [6.07, 6.45) is 1.16. The van der Waals surface area contributed by atoms with Gasteiger partial charge in [-0.25, -0.2) is 13.4 Å². The first-order valence-electron chi connectivity index (χ1n) is 4.93. The number of hydrogen-bond acceptors (Lipinski definition) is 6.